The molecule has 0 spiro atoms. The first-order chi connectivity index (χ1) is 8.04. The van der Waals surface area contributed by atoms with Crippen LogP contribution in [0.15, 0.2) is 16.8 Å². The van der Waals surface area contributed by atoms with E-state index in [9.17, 15) is 9.90 Å². The van der Waals surface area contributed by atoms with Crippen LogP contribution in [0.5, 0.6) is 0 Å². The van der Waals surface area contributed by atoms with E-state index in [4.69, 9.17) is 0 Å². The van der Waals surface area contributed by atoms with Gasteiger partial charge in [0, 0.05) is 13.1 Å². The number of nitrogens with zero attached hydrogens (tertiary/aromatic N) is 1. The Balaban J connectivity index is 2.64. The third-order valence-corrected chi connectivity index (χ3v) is 4.14. The van der Waals surface area contributed by atoms with Crippen LogP contribution < -0.4 is 0 Å². The predicted octanol–water partition coefficient (Wildman–Crippen LogP) is 3.07. The van der Waals surface area contributed by atoms with Gasteiger partial charge in [-0.1, -0.05) is 13.8 Å². The van der Waals surface area contributed by atoms with E-state index in [-0.39, 0.29) is 0 Å². The average Bonchev–Trinajstić information content (AvgIpc) is 2.78. The molecule has 0 amide bonds. The van der Waals surface area contributed by atoms with Crippen LogP contribution in [0.2, 0.25) is 0 Å². The van der Waals surface area contributed by atoms with Gasteiger partial charge in [-0.2, -0.15) is 11.3 Å². The van der Waals surface area contributed by atoms with Crippen molar-refractivity contribution in [2.24, 2.45) is 5.41 Å². The van der Waals surface area contributed by atoms with Gasteiger partial charge in [0.15, 0.2) is 0 Å². The van der Waals surface area contributed by atoms with Crippen LogP contribution >= 0.6 is 11.3 Å². The van der Waals surface area contributed by atoms with Gasteiger partial charge in [0.2, 0.25) is 0 Å². The van der Waals surface area contributed by atoms with Gasteiger partial charge < -0.3 is 10.0 Å². The van der Waals surface area contributed by atoms with Gasteiger partial charge in [0.05, 0.1) is 5.41 Å². The molecule has 1 aromatic rings. The van der Waals surface area contributed by atoms with Crippen LogP contribution in [-0.2, 0) is 11.3 Å². The zero-order valence-corrected chi connectivity index (χ0v) is 11.6. The number of carbonyl (C=O) groups is 1. The van der Waals surface area contributed by atoms with E-state index < -0.39 is 11.4 Å². The van der Waals surface area contributed by atoms with E-state index in [2.05, 4.69) is 16.3 Å². The highest BCUT2D eigenvalue weighted by molar-refractivity contribution is 7.07. The summed E-state index contributed by atoms with van der Waals surface area (Å²) in [5, 5.41) is 13.5. The van der Waals surface area contributed by atoms with E-state index in [0.717, 1.165) is 6.54 Å². The summed E-state index contributed by atoms with van der Waals surface area (Å²) >= 11 is 1.67. The second-order valence-electron chi connectivity index (χ2n) is 4.60. The Morgan fingerprint density at radius 1 is 1.47 bits per heavy atom. The third kappa shape index (κ3) is 3.54. The van der Waals surface area contributed by atoms with Crippen LogP contribution in [0.25, 0.3) is 0 Å². The van der Waals surface area contributed by atoms with Crippen LogP contribution in [0.3, 0.4) is 0 Å². The molecule has 1 aromatic heterocycles. The largest absolute Gasteiger partial charge is 0.481 e. The van der Waals surface area contributed by atoms with Gasteiger partial charge in [0.1, 0.15) is 0 Å². The van der Waals surface area contributed by atoms with Crippen molar-refractivity contribution in [1.29, 1.82) is 0 Å². The third-order valence-electron chi connectivity index (χ3n) is 3.41. The summed E-state index contributed by atoms with van der Waals surface area (Å²) in [6.07, 6.45) is 1.35. The molecule has 1 heterocycles. The summed E-state index contributed by atoms with van der Waals surface area (Å²) in [6, 6.07) is 2.08. The van der Waals surface area contributed by atoms with Gasteiger partial charge in [-0.05, 0) is 42.3 Å². The van der Waals surface area contributed by atoms with Crippen molar-refractivity contribution in [2.45, 2.75) is 33.2 Å². The minimum Gasteiger partial charge on any atom is -0.481 e. The Bertz CT molecular complexity index is 344. The summed E-state index contributed by atoms with van der Waals surface area (Å²) in [5.74, 6) is -0.681. The molecule has 0 radical (unpaired) electrons. The highest BCUT2D eigenvalue weighted by Gasteiger charge is 2.35. The molecule has 17 heavy (non-hydrogen) atoms. The first-order valence-electron chi connectivity index (χ1n) is 5.97. The normalized spacial score (nSPS) is 12.0. The summed E-state index contributed by atoms with van der Waals surface area (Å²) in [4.78, 5) is 13.5. The lowest BCUT2D eigenvalue weighted by Crippen LogP contribution is -2.40. The molecule has 0 aromatic carbocycles. The van der Waals surface area contributed by atoms with Gasteiger partial charge >= 0.3 is 5.97 Å². The first-order valence-corrected chi connectivity index (χ1v) is 6.91. The maximum absolute atomic E-state index is 11.4. The van der Waals surface area contributed by atoms with Gasteiger partial charge in [-0.25, -0.2) is 0 Å². The lowest BCUT2D eigenvalue weighted by atomic mass is 9.82. The molecule has 1 rings (SSSR count). The molecule has 4 heteroatoms. The molecule has 1 N–H and O–H groups in total. The van der Waals surface area contributed by atoms with E-state index in [1.54, 1.807) is 11.3 Å². The van der Waals surface area contributed by atoms with Crippen molar-refractivity contribution in [1.82, 2.24) is 4.90 Å². The van der Waals surface area contributed by atoms with Gasteiger partial charge in [0.25, 0.3) is 0 Å². The second-order valence-corrected chi connectivity index (χ2v) is 5.38. The molecule has 0 atom stereocenters. The molecule has 0 aliphatic rings. The number of thiophene rings is 1. The lowest BCUT2D eigenvalue weighted by molar-refractivity contribution is -0.150. The molecule has 0 saturated heterocycles. The average molecular weight is 255 g/mol. The van der Waals surface area contributed by atoms with Crippen LogP contribution in [0.1, 0.15) is 32.3 Å². The highest BCUT2D eigenvalue weighted by Crippen LogP contribution is 2.28. The molecule has 3 nitrogen and oxygen atoms in total. The summed E-state index contributed by atoms with van der Waals surface area (Å²) in [5.41, 5.74) is 0.647. The Morgan fingerprint density at radius 2 is 2.12 bits per heavy atom. The zero-order valence-electron chi connectivity index (χ0n) is 10.8. The van der Waals surface area contributed by atoms with Crippen molar-refractivity contribution in [3.05, 3.63) is 22.4 Å². The Hall–Kier alpha value is -0.870. The van der Waals surface area contributed by atoms with Crippen molar-refractivity contribution in [3.8, 4) is 0 Å². The van der Waals surface area contributed by atoms with Crippen molar-refractivity contribution < 1.29 is 9.90 Å². The molecule has 0 saturated carbocycles. The molecule has 0 aliphatic carbocycles. The maximum Gasteiger partial charge on any atom is 0.310 e. The van der Waals surface area contributed by atoms with E-state index in [1.807, 2.05) is 26.3 Å². The molecule has 0 fully saturated rings. The van der Waals surface area contributed by atoms with E-state index in [0.29, 0.717) is 19.4 Å². The topological polar surface area (TPSA) is 40.5 Å². The number of carboxylic acid groups (broad SMARTS) is 1. The fourth-order valence-corrected chi connectivity index (χ4v) is 2.77. The van der Waals surface area contributed by atoms with E-state index in [1.165, 1.54) is 5.56 Å². The highest BCUT2D eigenvalue weighted by atomic mass is 32.1. The summed E-state index contributed by atoms with van der Waals surface area (Å²) in [7, 11) is 1.99. The molecule has 0 aliphatic heterocycles. The number of hydrogen-bond donors (Lipinski definition) is 1. The first kappa shape index (κ1) is 14.2. The minimum absolute atomic E-state index is 0.602. The quantitative estimate of drug-likeness (QED) is 0.814. The Morgan fingerprint density at radius 3 is 2.53 bits per heavy atom. The SMILES string of the molecule is CCC(CC)(CN(C)Cc1ccsc1)C(=O)O. The number of rotatable bonds is 7. The number of carboxylic acids is 1. The standard InChI is InChI=1S/C13H21NO2S/c1-4-13(5-2,12(15)16)10-14(3)8-11-6-7-17-9-11/h6-7,9H,4-5,8,10H2,1-3H3,(H,15,16). The van der Waals surface area contributed by atoms with Crippen LogP contribution in [-0.4, -0.2) is 29.6 Å². The molecule has 0 bridgehead atoms. The fraction of sp³-hybridized carbons (Fsp3) is 0.615. The van der Waals surface area contributed by atoms with Gasteiger partial charge in [-0.15, -0.1) is 0 Å². The van der Waals surface area contributed by atoms with Crippen LogP contribution in [0, 0.1) is 5.41 Å². The van der Waals surface area contributed by atoms with Crippen molar-refractivity contribution in [3.63, 3.8) is 0 Å². The van der Waals surface area contributed by atoms with Crippen molar-refractivity contribution >= 4 is 17.3 Å². The predicted molar refractivity (Wildman–Crippen MR) is 71.3 cm³/mol. The van der Waals surface area contributed by atoms with Crippen LogP contribution in [0.4, 0.5) is 0 Å². The Labute approximate surface area is 107 Å². The lowest BCUT2D eigenvalue weighted by Gasteiger charge is -2.31. The summed E-state index contributed by atoms with van der Waals surface area (Å²) in [6.45, 7) is 5.33. The second kappa shape index (κ2) is 6.17. The number of hydrogen-bond acceptors (Lipinski definition) is 3. The molecular weight excluding hydrogens is 234 g/mol. The minimum atomic E-state index is -0.681. The summed E-state index contributed by atoms with van der Waals surface area (Å²) < 4.78 is 0. The van der Waals surface area contributed by atoms with Crippen molar-refractivity contribution in [2.75, 3.05) is 13.6 Å². The Kier molecular flexibility index (Phi) is 5.15. The maximum atomic E-state index is 11.4. The van der Waals surface area contributed by atoms with Gasteiger partial charge in [-0.3, -0.25) is 4.79 Å². The molecule has 0 unspecified atom stereocenters. The smallest absolute Gasteiger partial charge is 0.310 e. The molecule has 96 valence electrons. The molecular formula is C13H21NO2S. The van der Waals surface area contributed by atoms with E-state index >= 15 is 0 Å². The monoisotopic (exact) mass is 255 g/mol. The fourth-order valence-electron chi connectivity index (χ4n) is 2.11. The number of aliphatic carboxylic acids is 1. The zero-order chi connectivity index (χ0) is 12.9.